The topological polar surface area (TPSA) is 82.1 Å². The zero-order chi connectivity index (χ0) is 19.9. The molecule has 27 heavy (non-hydrogen) atoms. The first-order valence-corrected chi connectivity index (χ1v) is 8.61. The predicted molar refractivity (Wildman–Crippen MR) is 99.7 cm³/mol. The second-order valence-corrected chi connectivity index (χ2v) is 6.72. The lowest BCUT2D eigenvalue weighted by Gasteiger charge is -2.21. The maximum absolute atomic E-state index is 12.3. The zero-order valence-electron chi connectivity index (χ0n) is 16.0. The van der Waals surface area contributed by atoms with E-state index in [4.69, 9.17) is 14.2 Å². The molecule has 0 saturated carbocycles. The Labute approximate surface area is 157 Å². The van der Waals surface area contributed by atoms with E-state index in [-0.39, 0.29) is 17.9 Å². The normalized spacial score (nSPS) is 19.0. The summed E-state index contributed by atoms with van der Waals surface area (Å²) in [5.41, 5.74) is 0.318. The number of ether oxygens (including phenoxy) is 3. The highest BCUT2D eigenvalue weighted by Gasteiger charge is 2.48. The summed E-state index contributed by atoms with van der Waals surface area (Å²) in [5.74, 6) is -0.719. The van der Waals surface area contributed by atoms with Gasteiger partial charge in [-0.15, -0.1) is 0 Å². The Bertz CT molecular complexity index is 984. The Morgan fingerprint density at radius 2 is 2.07 bits per heavy atom. The summed E-state index contributed by atoms with van der Waals surface area (Å²) in [4.78, 5) is 24.4. The molecule has 0 radical (unpaired) electrons. The van der Waals surface area contributed by atoms with E-state index < -0.39 is 17.5 Å². The van der Waals surface area contributed by atoms with E-state index in [1.165, 1.54) is 14.0 Å². The molecule has 0 aliphatic carbocycles. The molecule has 0 aromatic heterocycles. The SMILES string of the molecule is C/C=C(/C)C(=O)OCc1c2c(c(OC)c3cccc(C)c13)OC(=O)[C@]2(C)O. The molecule has 2 aromatic carbocycles. The lowest BCUT2D eigenvalue weighted by molar-refractivity contribution is -0.150. The number of aryl methyl sites for hydroxylation is 1. The molecule has 6 heteroatoms. The first-order chi connectivity index (χ1) is 12.7. The first kappa shape index (κ1) is 18.9. The molecule has 2 aromatic rings. The standard InChI is InChI=1S/C21H22O6/c1-6-11(2)19(22)26-10-14-15-12(3)8-7-9-13(15)17(25-5)18-16(14)21(4,24)20(23)27-18/h6-9,24H,10H2,1-5H3/b11-6-/t21-/m1/s1. The highest BCUT2D eigenvalue weighted by atomic mass is 16.6. The highest BCUT2D eigenvalue weighted by Crippen LogP contribution is 2.51. The summed E-state index contributed by atoms with van der Waals surface area (Å²) >= 11 is 0. The zero-order valence-corrected chi connectivity index (χ0v) is 16.0. The number of aliphatic hydroxyl groups is 1. The predicted octanol–water partition coefficient (Wildman–Crippen LogP) is 3.29. The van der Waals surface area contributed by atoms with Crippen LogP contribution in [0, 0.1) is 6.92 Å². The molecular formula is C21H22O6. The second kappa shape index (κ2) is 6.70. The van der Waals surface area contributed by atoms with Crippen molar-refractivity contribution in [1.29, 1.82) is 0 Å². The molecule has 0 saturated heterocycles. The van der Waals surface area contributed by atoms with Crippen molar-refractivity contribution in [2.75, 3.05) is 7.11 Å². The number of fused-ring (bicyclic) bond motifs is 2. The Hall–Kier alpha value is -2.86. The van der Waals surface area contributed by atoms with E-state index in [2.05, 4.69) is 0 Å². The van der Waals surface area contributed by atoms with Crippen molar-refractivity contribution in [2.24, 2.45) is 0 Å². The van der Waals surface area contributed by atoms with E-state index in [0.29, 0.717) is 16.9 Å². The molecule has 1 aliphatic rings. The fourth-order valence-corrected chi connectivity index (χ4v) is 3.38. The van der Waals surface area contributed by atoms with Crippen LogP contribution in [0.1, 0.15) is 37.5 Å². The molecule has 1 N–H and O–H groups in total. The molecular weight excluding hydrogens is 348 g/mol. The van der Waals surface area contributed by atoms with Gasteiger partial charge in [-0.2, -0.15) is 0 Å². The van der Waals surface area contributed by atoms with Gasteiger partial charge in [0.15, 0.2) is 17.1 Å². The van der Waals surface area contributed by atoms with Crippen LogP contribution in [0.3, 0.4) is 0 Å². The molecule has 142 valence electrons. The van der Waals surface area contributed by atoms with Crippen molar-refractivity contribution in [3.05, 3.63) is 46.5 Å². The molecule has 1 heterocycles. The average Bonchev–Trinajstić information content (AvgIpc) is 2.87. The van der Waals surface area contributed by atoms with Crippen molar-refractivity contribution in [3.8, 4) is 11.5 Å². The lowest BCUT2D eigenvalue weighted by Crippen LogP contribution is -2.30. The molecule has 0 unspecified atom stereocenters. The summed E-state index contributed by atoms with van der Waals surface area (Å²) in [7, 11) is 1.48. The number of carbonyl (C=O) groups is 2. The van der Waals surface area contributed by atoms with Gasteiger partial charge in [0.2, 0.25) is 0 Å². The molecule has 1 atom stereocenters. The van der Waals surface area contributed by atoms with Crippen LogP contribution in [0.25, 0.3) is 10.8 Å². The van der Waals surface area contributed by atoms with Gasteiger partial charge in [-0.3, -0.25) is 0 Å². The Kier molecular flexibility index (Phi) is 4.70. The fraction of sp³-hybridized carbons (Fsp3) is 0.333. The van der Waals surface area contributed by atoms with Crippen molar-refractivity contribution >= 4 is 22.7 Å². The van der Waals surface area contributed by atoms with Crippen LogP contribution < -0.4 is 9.47 Å². The van der Waals surface area contributed by atoms with Gasteiger partial charge in [-0.25, -0.2) is 9.59 Å². The van der Waals surface area contributed by atoms with Crippen molar-refractivity contribution in [3.63, 3.8) is 0 Å². The van der Waals surface area contributed by atoms with E-state index in [1.54, 1.807) is 19.9 Å². The summed E-state index contributed by atoms with van der Waals surface area (Å²) in [6.45, 7) is 6.58. The number of hydrogen-bond donors (Lipinski definition) is 1. The van der Waals surface area contributed by atoms with Crippen LogP contribution in [-0.2, 0) is 26.5 Å². The molecule has 1 aliphatic heterocycles. The first-order valence-electron chi connectivity index (χ1n) is 8.61. The van der Waals surface area contributed by atoms with Gasteiger partial charge in [0, 0.05) is 22.1 Å². The van der Waals surface area contributed by atoms with Crippen LogP contribution >= 0.6 is 0 Å². The Morgan fingerprint density at radius 3 is 2.70 bits per heavy atom. The quantitative estimate of drug-likeness (QED) is 0.505. The minimum atomic E-state index is -1.86. The van der Waals surface area contributed by atoms with Gasteiger partial charge >= 0.3 is 11.9 Å². The van der Waals surface area contributed by atoms with Crippen molar-refractivity contribution < 1.29 is 28.9 Å². The van der Waals surface area contributed by atoms with E-state index in [9.17, 15) is 14.7 Å². The molecule has 0 amide bonds. The molecule has 3 rings (SSSR count). The minimum Gasteiger partial charge on any atom is -0.492 e. The maximum Gasteiger partial charge on any atom is 0.348 e. The number of carbonyl (C=O) groups excluding carboxylic acids is 2. The summed E-state index contributed by atoms with van der Waals surface area (Å²) in [6.07, 6.45) is 1.66. The van der Waals surface area contributed by atoms with Gasteiger partial charge in [0.25, 0.3) is 0 Å². The van der Waals surface area contributed by atoms with Gasteiger partial charge < -0.3 is 19.3 Å². The van der Waals surface area contributed by atoms with Crippen molar-refractivity contribution in [1.82, 2.24) is 0 Å². The number of esters is 2. The van der Waals surface area contributed by atoms with E-state index in [1.807, 2.05) is 25.1 Å². The summed E-state index contributed by atoms with van der Waals surface area (Å²) in [6, 6.07) is 5.61. The Morgan fingerprint density at radius 1 is 1.37 bits per heavy atom. The number of methoxy groups -OCH3 is 1. The second-order valence-electron chi connectivity index (χ2n) is 6.72. The summed E-state index contributed by atoms with van der Waals surface area (Å²) in [5, 5.41) is 12.3. The third kappa shape index (κ3) is 2.86. The lowest BCUT2D eigenvalue weighted by atomic mass is 9.87. The monoisotopic (exact) mass is 370 g/mol. The maximum atomic E-state index is 12.3. The van der Waals surface area contributed by atoms with Crippen LogP contribution in [-0.4, -0.2) is 24.2 Å². The third-order valence-electron chi connectivity index (χ3n) is 4.94. The van der Waals surface area contributed by atoms with Gasteiger partial charge in [-0.05, 0) is 38.6 Å². The smallest absolute Gasteiger partial charge is 0.348 e. The van der Waals surface area contributed by atoms with Crippen LogP contribution in [0.15, 0.2) is 29.8 Å². The van der Waals surface area contributed by atoms with Gasteiger partial charge in [0.05, 0.1) is 7.11 Å². The number of benzene rings is 2. The van der Waals surface area contributed by atoms with Crippen LogP contribution in [0.2, 0.25) is 0 Å². The minimum absolute atomic E-state index is 0.107. The van der Waals surface area contributed by atoms with Gasteiger partial charge in [-0.1, -0.05) is 24.3 Å². The molecule has 0 bridgehead atoms. The van der Waals surface area contributed by atoms with E-state index >= 15 is 0 Å². The number of rotatable bonds is 4. The average molecular weight is 370 g/mol. The van der Waals surface area contributed by atoms with Gasteiger partial charge in [0.1, 0.15) is 6.61 Å². The highest BCUT2D eigenvalue weighted by molar-refractivity contribution is 6.02. The van der Waals surface area contributed by atoms with Crippen LogP contribution in [0.4, 0.5) is 0 Å². The van der Waals surface area contributed by atoms with E-state index in [0.717, 1.165) is 16.3 Å². The molecule has 0 fully saturated rings. The van der Waals surface area contributed by atoms with Crippen LogP contribution in [0.5, 0.6) is 11.5 Å². The van der Waals surface area contributed by atoms with Crippen molar-refractivity contribution in [2.45, 2.75) is 39.9 Å². The largest absolute Gasteiger partial charge is 0.492 e. The molecule has 0 spiro atoms. The third-order valence-corrected chi connectivity index (χ3v) is 4.94. The number of hydrogen-bond acceptors (Lipinski definition) is 6. The summed E-state index contributed by atoms with van der Waals surface area (Å²) < 4.78 is 16.3. The Balaban J connectivity index is 2.30. The number of allylic oxidation sites excluding steroid dienone is 1. The fourth-order valence-electron chi connectivity index (χ4n) is 3.38. The molecule has 6 nitrogen and oxygen atoms in total.